The highest BCUT2D eigenvalue weighted by Crippen LogP contribution is 1.93. The van der Waals surface area contributed by atoms with Gasteiger partial charge in [0.1, 0.15) is 6.04 Å². The van der Waals surface area contributed by atoms with Crippen LogP contribution in [0, 0.1) is 0 Å². The third-order valence-corrected chi connectivity index (χ3v) is 1.24. The van der Waals surface area contributed by atoms with Gasteiger partial charge in [-0.3, -0.25) is 4.79 Å². The molecule has 3 N–H and O–H groups in total. The molecule has 0 aliphatic heterocycles. The van der Waals surface area contributed by atoms with E-state index in [-0.39, 0.29) is 18.7 Å². The van der Waals surface area contributed by atoms with Gasteiger partial charge in [-0.15, -0.1) is 0 Å². The average Bonchev–Trinajstić information content (AvgIpc) is 1.99. The van der Waals surface area contributed by atoms with Crippen LogP contribution in [0.15, 0.2) is 4.99 Å². The molecule has 64 valence electrons. The molecule has 1 atom stereocenters. The van der Waals surface area contributed by atoms with E-state index in [2.05, 4.69) is 4.99 Å². The van der Waals surface area contributed by atoms with Gasteiger partial charge in [0.05, 0.1) is 0 Å². The molecule has 0 aromatic rings. The summed E-state index contributed by atoms with van der Waals surface area (Å²) in [6, 6.07) is -0.958. The second-order valence-corrected chi connectivity index (χ2v) is 2.10. The Balaban J connectivity index is 3.62. The molecular weight excluding hydrogens is 148 g/mol. The smallest absolute Gasteiger partial charge is 0.320 e. The fourth-order valence-electron chi connectivity index (χ4n) is 0.514. The first-order chi connectivity index (χ1) is 5.07. The summed E-state index contributed by atoms with van der Waals surface area (Å²) in [6.07, 6.45) is 0.246. The molecule has 0 amide bonds. The lowest BCUT2D eigenvalue weighted by Gasteiger charge is -2.10. The second-order valence-electron chi connectivity index (χ2n) is 2.10. The predicted octanol–water partition coefficient (Wildman–Crippen LogP) is -1.43. The Bertz CT molecular complexity index is 167. The molecular formula is C6H11N2O3-. The highest BCUT2D eigenvalue weighted by atomic mass is 16.4. The van der Waals surface area contributed by atoms with Gasteiger partial charge in [-0.2, -0.15) is 0 Å². The quantitative estimate of drug-likeness (QED) is 0.388. The van der Waals surface area contributed by atoms with Gasteiger partial charge < -0.3 is 20.9 Å². The lowest BCUT2D eigenvalue weighted by Crippen LogP contribution is -2.32. The van der Waals surface area contributed by atoms with Gasteiger partial charge in [0.15, 0.2) is 0 Å². The van der Waals surface area contributed by atoms with Crippen LogP contribution in [-0.2, 0) is 4.79 Å². The summed E-state index contributed by atoms with van der Waals surface area (Å²) in [7, 11) is 1.37. The number of rotatable bonds is 4. The van der Waals surface area contributed by atoms with Crippen molar-refractivity contribution in [2.45, 2.75) is 18.9 Å². The number of carboxylic acids is 1. The Hall–Kier alpha value is -1.10. The van der Waals surface area contributed by atoms with Crippen LogP contribution in [0.2, 0.25) is 0 Å². The van der Waals surface area contributed by atoms with Gasteiger partial charge >= 0.3 is 5.97 Å². The zero-order valence-corrected chi connectivity index (χ0v) is 6.28. The fraction of sp³-hybridized carbons (Fsp3) is 0.667. The third-order valence-electron chi connectivity index (χ3n) is 1.24. The molecule has 0 spiro atoms. The van der Waals surface area contributed by atoms with E-state index in [4.69, 9.17) is 10.8 Å². The first-order valence-corrected chi connectivity index (χ1v) is 3.19. The maximum absolute atomic E-state index is 10.5. The van der Waals surface area contributed by atoms with Crippen molar-refractivity contribution >= 4 is 11.9 Å². The molecule has 0 heterocycles. The topological polar surface area (TPSA) is 98.7 Å². The Morgan fingerprint density at radius 3 is 2.73 bits per heavy atom. The summed E-state index contributed by atoms with van der Waals surface area (Å²) in [4.78, 5) is 13.5. The van der Waals surface area contributed by atoms with E-state index in [1.54, 1.807) is 0 Å². The molecule has 0 fully saturated rings. The van der Waals surface area contributed by atoms with Crippen molar-refractivity contribution in [2.75, 3.05) is 7.05 Å². The van der Waals surface area contributed by atoms with Crippen molar-refractivity contribution in [3.05, 3.63) is 0 Å². The molecule has 0 saturated heterocycles. The molecule has 0 radical (unpaired) electrons. The van der Waals surface area contributed by atoms with E-state index in [9.17, 15) is 9.90 Å². The highest BCUT2D eigenvalue weighted by Gasteiger charge is 2.09. The van der Waals surface area contributed by atoms with Crippen LogP contribution in [0.3, 0.4) is 0 Å². The zero-order chi connectivity index (χ0) is 8.85. The number of carbonyl (C=O) groups is 1. The van der Waals surface area contributed by atoms with Gasteiger partial charge in [-0.25, -0.2) is 0 Å². The van der Waals surface area contributed by atoms with Crippen molar-refractivity contribution in [2.24, 2.45) is 10.7 Å². The summed E-state index contributed by atoms with van der Waals surface area (Å²) in [5.41, 5.74) is 5.13. The minimum Gasteiger partial charge on any atom is -0.862 e. The summed E-state index contributed by atoms with van der Waals surface area (Å²) in [5.74, 6) is -1.41. The summed E-state index contributed by atoms with van der Waals surface area (Å²) >= 11 is 0. The lowest BCUT2D eigenvalue weighted by atomic mass is 10.2. The maximum atomic E-state index is 10.5. The van der Waals surface area contributed by atoms with Crippen LogP contribution in [0.25, 0.3) is 0 Å². The molecule has 0 aromatic heterocycles. The van der Waals surface area contributed by atoms with E-state index < -0.39 is 12.0 Å². The molecule has 1 unspecified atom stereocenters. The normalized spacial score (nSPS) is 14.5. The Labute approximate surface area is 64.5 Å². The monoisotopic (exact) mass is 159 g/mol. The number of carboxylic acid groups (broad SMARTS) is 1. The zero-order valence-electron chi connectivity index (χ0n) is 6.28. The molecule has 0 saturated carbocycles. The largest absolute Gasteiger partial charge is 0.862 e. The predicted molar refractivity (Wildman–Crippen MR) is 38.2 cm³/mol. The number of hydrogen-bond acceptors (Lipinski definition) is 4. The van der Waals surface area contributed by atoms with Crippen LogP contribution < -0.4 is 10.8 Å². The van der Waals surface area contributed by atoms with Crippen LogP contribution in [0.4, 0.5) is 0 Å². The molecule has 0 rings (SSSR count). The summed E-state index contributed by atoms with van der Waals surface area (Å²) < 4.78 is 0. The third kappa shape index (κ3) is 4.32. The van der Waals surface area contributed by atoms with Gasteiger partial charge in [-0.05, 0) is 18.7 Å². The number of nitrogens with two attached hydrogens (primary N) is 1. The van der Waals surface area contributed by atoms with Crippen LogP contribution >= 0.6 is 0 Å². The second kappa shape index (κ2) is 4.68. The first kappa shape index (κ1) is 9.90. The highest BCUT2D eigenvalue weighted by molar-refractivity contribution is 5.75. The Morgan fingerprint density at radius 1 is 1.82 bits per heavy atom. The van der Waals surface area contributed by atoms with Crippen molar-refractivity contribution in [3.63, 3.8) is 0 Å². The summed E-state index contributed by atoms with van der Waals surface area (Å²) in [6.45, 7) is 0. The van der Waals surface area contributed by atoms with E-state index >= 15 is 0 Å². The molecule has 0 aromatic carbocycles. The SMILES string of the molecule is CN=C([O-])CCC(N)C(=O)O. The number of nitrogens with zero attached hydrogens (tertiary/aromatic N) is 1. The number of hydrogen-bond donors (Lipinski definition) is 2. The summed E-state index contributed by atoms with van der Waals surface area (Å²) in [5, 5.41) is 18.8. The molecule has 11 heavy (non-hydrogen) atoms. The molecule has 0 aliphatic carbocycles. The van der Waals surface area contributed by atoms with E-state index in [0.717, 1.165) is 0 Å². The van der Waals surface area contributed by atoms with Crippen molar-refractivity contribution in [3.8, 4) is 0 Å². The number of aliphatic carboxylic acids is 1. The van der Waals surface area contributed by atoms with Crippen LogP contribution in [0.1, 0.15) is 12.8 Å². The van der Waals surface area contributed by atoms with Gasteiger partial charge in [0.2, 0.25) is 0 Å². The number of aliphatic imine (C=N–C) groups is 1. The van der Waals surface area contributed by atoms with Crippen molar-refractivity contribution in [1.82, 2.24) is 0 Å². The minimum atomic E-state index is -1.09. The van der Waals surface area contributed by atoms with E-state index in [1.807, 2.05) is 0 Å². The maximum Gasteiger partial charge on any atom is 0.320 e. The molecule has 5 nitrogen and oxygen atoms in total. The molecule has 5 heteroatoms. The van der Waals surface area contributed by atoms with Gasteiger partial charge in [-0.1, -0.05) is 0 Å². The fourth-order valence-corrected chi connectivity index (χ4v) is 0.514. The van der Waals surface area contributed by atoms with Crippen LogP contribution in [-0.4, -0.2) is 30.1 Å². The minimum absolute atomic E-state index is 0.101. The average molecular weight is 159 g/mol. The van der Waals surface area contributed by atoms with E-state index in [1.165, 1.54) is 7.05 Å². The molecule has 0 aliphatic rings. The Kier molecular flexibility index (Phi) is 4.21. The standard InChI is InChI=1S/C6H12N2O3/c1-8-5(9)3-2-4(7)6(10)11/h4H,2-3,7H2,1H3,(H,8,9)(H,10,11)/p-1. The van der Waals surface area contributed by atoms with Gasteiger partial charge in [0, 0.05) is 7.05 Å². The first-order valence-electron chi connectivity index (χ1n) is 3.19. The molecule has 0 bridgehead atoms. The van der Waals surface area contributed by atoms with Crippen molar-refractivity contribution in [1.29, 1.82) is 0 Å². The van der Waals surface area contributed by atoms with Gasteiger partial charge in [0.25, 0.3) is 0 Å². The van der Waals surface area contributed by atoms with Crippen LogP contribution in [0.5, 0.6) is 0 Å². The van der Waals surface area contributed by atoms with E-state index in [0.29, 0.717) is 0 Å². The van der Waals surface area contributed by atoms with Crippen molar-refractivity contribution < 1.29 is 15.0 Å². The lowest BCUT2D eigenvalue weighted by molar-refractivity contribution is -0.219. The Morgan fingerprint density at radius 2 is 2.36 bits per heavy atom.